The highest BCUT2D eigenvalue weighted by molar-refractivity contribution is 8.00. The molecule has 0 unspecified atom stereocenters. The Labute approximate surface area is 130 Å². The lowest BCUT2D eigenvalue weighted by Gasteiger charge is -2.27. The highest BCUT2D eigenvalue weighted by atomic mass is 32.2. The van der Waals surface area contributed by atoms with Gasteiger partial charge in [0, 0.05) is 22.7 Å². The monoisotopic (exact) mass is 308 g/mol. The van der Waals surface area contributed by atoms with Crippen molar-refractivity contribution in [2.24, 2.45) is 0 Å². The lowest BCUT2D eigenvalue weighted by atomic mass is 10.1. The maximum absolute atomic E-state index is 11.9. The quantitative estimate of drug-likeness (QED) is 0.621. The van der Waals surface area contributed by atoms with Gasteiger partial charge in [-0.3, -0.25) is 0 Å². The van der Waals surface area contributed by atoms with E-state index >= 15 is 0 Å². The second-order valence-corrected chi connectivity index (χ2v) is 6.74. The van der Waals surface area contributed by atoms with Crippen LogP contribution in [0.5, 0.6) is 0 Å². The summed E-state index contributed by atoms with van der Waals surface area (Å²) in [6.45, 7) is 3.06. The molecular formula is C16H24N2O2S. The molecule has 0 aromatic heterocycles. The molecule has 0 amide bonds. The third kappa shape index (κ3) is 3.84. The molecule has 0 bridgehead atoms. The molecule has 4 nitrogen and oxygen atoms in total. The number of nitrogens with one attached hydrogen (secondary N) is 1. The van der Waals surface area contributed by atoms with Crippen molar-refractivity contribution in [2.45, 2.75) is 37.4 Å². The first kappa shape index (κ1) is 16.0. The fourth-order valence-electron chi connectivity index (χ4n) is 2.79. The normalized spacial score (nSPS) is 16.7. The van der Waals surface area contributed by atoms with E-state index in [-0.39, 0.29) is 5.97 Å². The van der Waals surface area contributed by atoms with E-state index in [4.69, 9.17) is 10.5 Å². The number of benzene rings is 1. The van der Waals surface area contributed by atoms with Crippen molar-refractivity contribution in [1.82, 2.24) is 0 Å². The summed E-state index contributed by atoms with van der Waals surface area (Å²) < 4.78 is 5.36. The van der Waals surface area contributed by atoms with Gasteiger partial charge in [0.15, 0.2) is 0 Å². The van der Waals surface area contributed by atoms with E-state index in [1.807, 2.05) is 17.8 Å². The molecule has 0 radical (unpaired) electrons. The SMILES string of the molecule is CCOC(=O)c1cc(NCC2(SC)CCCC2)ccc1N. The summed E-state index contributed by atoms with van der Waals surface area (Å²) in [5.74, 6) is -0.362. The number of anilines is 2. The van der Waals surface area contributed by atoms with Crippen LogP contribution in [-0.4, -0.2) is 30.1 Å². The minimum Gasteiger partial charge on any atom is -0.462 e. The largest absolute Gasteiger partial charge is 0.462 e. The molecule has 0 saturated heterocycles. The second-order valence-electron chi connectivity index (χ2n) is 5.47. The fourth-order valence-corrected chi connectivity index (χ4v) is 3.70. The van der Waals surface area contributed by atoms with Crippen molar-refractivity contribution < 1.29 is 9.53 Å². The van der Waals surface area contributed by atoms with E-state index in [1.165, 1.54) is 25.7 Å². The van der Waals surface area contributed by atoms with Gasteiger partial charge in [0.05, 0.1) is 12.2 Å². The molecule has 0 atom stereocenters. The maximum atomic E-state index is 11.9. The van der Waals surface area contributed by atoms with Gasteiger partial charge in [-0.15, -0.1) is 0 Å². The summed E-state index contributed by atoms with van der Waals surface area (Å²) >= 11 is 1.94. The molecule has 2 rings (SSSR count). The van der Waals surface area contributed by atoms with Gasteiger partial charge in [-0.25, -0.2) is 4.79 Å². The third-order valence-corrected chi connectivity index (χ3v) is 5.53. The molecule has 0 heterocycles. The summed E-state index contributed by atoms with van der Waals surface area (Å²) in [5.41, 5.74) is 7.68. The molecule has 0 spiro atoms. The Morgan fingerprint density at radius 3 is 2.76 bits per heavy atom. The average molecular weight is 308 g/mol. The van der Waals surface area contributed by atoms with E-state index in [1.54, 1.807) is 19.1 Å². The highest BCUT2D eigenvalue weighted by Crippen LogP contribution is 2.40. The number of ether oxygens (including phenoxy) is 1. The van der Waals surface area contributed by atoms with Crippen LogP contribution in [0.4, 0.5) is 11.4 Å². The fraction of sp³-hybridized carbons (Fsp3) is 0.562. The standard InChI is InChI=1S/C16H24N2O2S/c1-3-20-15(19)13-10-12(6-7-14(13)17)18-11-16(21-2)8-4-5-9-16/h6-7,10,18H,3-5,8-9,11,17H2,1-2H3. The summed E-state index contributed by atoms with van der Waals surface area (Å²) in [6, 6.07) is 5.46. The van der Waals surface area contributed by atoms with Gasteiger partial charge in [-0.1, -0.05) is 12.8 Å². The van der Waals surface area contributed by atoms with E-state index in [9.17, 15) is 4.79 Å². The predicted octanol–water partition coefficient (Wildman–Crippen LogP) is 3.53. The molecule has 3 N–H and O–H groups in total. The minimum absolute atomic E-state index is 0.325. The number of nitrogen functional groups attached to an aromatic ring is 1. The number of carbonyl (C=O) groups excluding carboxylic acids is 1. The molecule has 5 heteroatoms. The first-order chi connectivity index (χ1) is 10.1. The summed E-state index contributed by atoms with van der Waals surface area (Å²) in [7, 11) is 0. The summed E-state index contributed by atoms with van der Waals surface area (Å²) in [5, 5.41) is 3.46. The van der Waals surface area contributed by atoms with Crippen molar-refractivity contribution in [1.29, 1.82) is 0 Å². The first-order valence-corrected chi connectivity index (χ1v) is 8.68. The predicted molar refractivity (Wildman–Crippen MR) is 90.0 cm³/mol. The molecule has 1 aromatic carbocycles. The number of thioether (sulfide) groups is 1. The molecule has 21 heavy (non-hydrogen) atoms. The van der Waals surface area contributed by atoms with Crippen LogP contribution in [-0.2, 0) is 4.74 Å². The van der Waals surface area contributed by atoms with E-state index in [0.717, 1.165) is 12.2 Å². The van der Waals surface area contributed by atoms with Crippen LogP contribution in [0, 0.1) is 0 Å². The molecule has 1 aliphatic carbocycles. The number of hydrogen-bond donors (Lipinski definition) is 2. The first-order valence-electron chi connectivity index (χ1n) is 7.46. The number of esters is 1. The zero-order chi connectivity index (χ0) is 15.3. The Hall–Kier alpha value is -1.36. The molecule has 1 saturated carbocycles. The molecule has 1 aliphatic rings. The van der Waals surface area contributed by atoms with Crippen LogP contribution in [0.3, 0.4) is 0 Å². The smallest absolute Gasteiger partial charge is 0.340 e. The van der Waals surface area contributed by atoms with Crippen LogP contribution in [0.1, 0.15) is 43.0 Å². The van der Waals surface area contributed by atoms with Gasteiger partial charge in [-0.2, -0.15) is 11.8 Å². The Balaban J connectivity index is 2.07. The van der Waals surface area contributed by atoms with E-state index < -0.39 is 0 Å². The van der Waals surface area contributed by atoms with Gasteiger partial charge in [0.25, 0.3) is 0 Å². The third-order valence-electron chi connectivity index (χ3n) is 4.11. The molecule has 1 fully saturated rings. The van der Waals surface area contributed by atoms with Crippen molar-refractivity contribution in [2.75, 3.05) is 30.5 Å². The number of carbonyl (C=O) groups is 1. The molecule has 0 aliphatic heterocycles. The Morgan fingerprint density at radius 2 is 2.14 bits per heavy atom. The van der Waals surface area contributed by atoms with Crippen LogP contribution < -0.4 is 11.1 Å². The zero-order valence-electron chi connectivity index (χ0n) is 12.8. The van der Waals surface area contributed by atoms with Gasteiger partial charge in [0.1, 0.15) is 0 Å². The van der Waals surface area contributed by atoms with E-state index in [0.29, 0.717) is 22.6 Å². The second kappa shape index (κ2) is 7.07. The van der Waals surface area contributed by atoms with Crippen LogP contribution in [0.15, 0.2) is 18.2 Å². The number of rotatable bonds is 6. The van der Waals surface area contributed by atoms with Gasteiger partial charge in [0.2, 0.25) is 0 Å². The van der Waals surface area contributed by atoms with Gasteiger partial charge < -0.3 is 15.8 Å². The Bertz CT molecular complexity index is 499. The zero-order valence-corrected chi connectivity index (χ0v) is 13.6. The summed E-state index contributed by atoms with van der Waals surface area (Å²) in [4.78, 5) is 11.9. The average Bonchev–Trinajstić information content (AvgIpc) is 2.96. The lowest BCUT2D eigenvalue weighted by molar-refractivity contribution is 0.0527. The number of hydrogen-bond acceptors (Lipinski definition) is 5. The van der Waals surface area contributed by atoms with E-state index in [2.05, 4.69) is 11.6 Å². The van der Waals surface area contributed by atoms with Gasteiger partial charge >= 0.3 is 5.97 Å². The summed E-state index contributed by atoms with van der Waals surface area (Å²) in [6.07, 6.45) is 7.29. The van der Waals surface area contributed by atoms with Crippen LogP contribution in [0.2, 0.25) is 0 Å². The van der Waals surface area contributed by atoms with Crippen LogP contribution >= 0.6 is 11.8 Å². The lowest BCUT2D eigenvalue weighted by Crippen LogP contribution is -2.30. The molecule has 116 valence electrons. The van der Waals surface area contributed by atoms with Gasteiger partial charge in [-0.05, 0) is 44.2 Å². The maximum Gasteiger partial charge on any atom is 0.340 e. The Kier molecular flexibility index (Phi) is 5.39. The molecular weight excluding hydrogens is 284 g/mol. The van der Waals surface area contributed by atoms with Crippen molar-refractivity contribution in [3.05, 3.63) is 23.8 Å². The number of nitrogens with two attached hydrogens (primary N) is 1. The Morgan fingerprint density at radius 1 is 1.43 bits per heavy atom. The van der Waals surface area contributed by atoms with Crippen molar-refractivity contribution in [3.8, 4) is 0 Å². The highest BCUT2D eigenvalue weighted by Gasteiger charge is 2.32. The van der Waals surface area contributed by atoms with Crippen molar-refractivity contribution in [3.63, 3.8) is 0 Å². The van der Waals surface area contributed by atoms with Crippen molar-refractivity contribution >= 4 is 29.1 Å². The topological polar surface area (TPSA) is 64.3 Å². The molecule has 1 aromatic rings. The van der Waals surface area contributed by atoms with Crippen LogP contribution in [0.25, 0.3) is 0 Å². The minimum atomic E-state index is -0.362.